The van der Waals surface area contributed by atoms with Gasteiger partial charge in [-0.3, -0.25) is 9.59 Å². The predicted molar refractivity (Wildman–Crippen MR) is 128 cm³/mol. The van der Waals surface area contributed by atoms with E-state index in [1.807, 2.05) is 84.9 Å². The Morgan fingerprint density at radius 2 is 0.906 bits per heavy atom. The lowest BCUT2D eigenvalue weighted by molar-refractivity contribution is 0.101. The number of nitrogens with zero attached hydrogens (tertiary/aromatic N) is 1. The summed E-state index contributed by atoms with van der Waals surface area (Å²) in [5.41, 5.74) is 1.73. The molecule has 5 aromatic rings. The lowest BCUT2D eigenvalue weighted by Gasteiger charge is -2.10. The molecule has 1 heterocycles. The number of hydrogen-bond donors (Lipinski definition) is 2. The second kappa shape index (κ2) is 8.32. The maximum absolute atomic E-state index is 12.9. The molecule has 5 nitrogen and oxygen atoms in total. The first-order chi connectivity index (χ1) is 15.7. The third-order valence-electron chi connectivity index (χ3n) is 5.29. The molecule has 2 N–H and O–H groups in total. The van der Waals surface area contributed by atoms with Gasteiger partial charge in [-0.25, -0.2) is 4.98 Å². The number of hydrogen-bond acceptors (Lipinski definition) is 3. The molecule has 5 rings (SSSR count). The van der Waals surface area contributed by atoms with E-state index in [9.17, 15) is 9.59 Å². The summed E-state index contributed by atoms with van der Waals surface area (Å²) in [6, 6.07) is 31.9. The molecular weight excluding hydrogens is 398 g/mol. The smallest absolute Gasteiger partial charge is 0.274 e. The van der Waals surface area contributed by atoms with E-state index in [-0.39, 0.29) is 23.2 Å². The maximum atomic E-state index is 12.9. The lowest BCUT2D eigenvalue weighted by Crippen LogP contribution is -2.18. The van der Waals surface area contributed by atoms with E-state index >= 15 is 0 Å². The van der Waals surface area contributed by atoms with Gasteiger partial charge in [-0.1, -0.05) is 78.9 Å². The molecule has 0 spiro atoms. The summed E-state index contributed by atoms with van der Waals surface area (Å²) in [7, 11) is 0. The predicted octanol–water partition coefficient (Wildman–Crippen LogP) is 5.89. The molecule has 2 amide bonds. The third-order valence-corrected chi connectivity index (χ3v) is 5.29. The first-order valence-electron chi connectivity index (χ1n) is 10.2. The van der Waals surface area contributed by atoms with Crippen LogP contribution in [-0.4, -0.2) is 16.8 Å². The fourth-order valence-corrected chi connectivity index (χ4v) is 3.73. The Balaban J connectivity index is 1.39. The molecule has 154 valence electrons. The van der Waals surface area contributed by atoms with Crippen molar-refractivity contribution < 1.29 is 9.59 Å². The Labute approximate surface area is 184 Å². The fraction of sp³-hybridized carbons (Fsp3) is 0. The van der Waals surface area contributed by atoms with E-state index in [1.165, 1.54) is 0 Å². The van der Waals surface area contributed by atoms with E-state index in [0.717, 1.165) is 21.5 Å². The van der Waals surface area contributed by atoms with Crippen molar-refractivity contribution in [2.24, 2.45) is 0 Å². The van der Waals surface area contributed by atoms with E-state index in [2.05, 4.69) is 15.6 Å². The molecule has 0 atom stereocenters. The van der Waals surface area contributed by atoms with Gasteiger partial charge in [-0.2, -0.15) is 0 Å². The van der Waals surface area contributed by atoms with Crippen LogP contribution in [0.5, 0.6) is 0 Å². The van der Waals surface area contributed by atoms with Gasteiger partial charge in [-0.15, -0.1) is 0 Å². The summed E-state index contributed by atoms with van der Waals surface area (Å²) in [6.45, 7) is 0. The highest BCUT2D eigenvalue weighted by Gasteiger charge is 2.14. The zero-order chi connectivity index (χ0) is 21.9. The minimum absolute atomic E-state index is 0.170. The Bertz CT molecular complexity index is 1360. The summed E-state index contributed by atoms with van der Waals surface area (Å²) in [6.07, 6.45) is 0. The second-order valence-electron chi connectivity index (χ2n) is 7.37. The number of anilines is 2. The molecule has 0 unspecified atom stereocenters. The van der Waals surface area contributed by atoms with Crippen LogP contribution in [0.2, 0.25) is 0 Å². The maximum Gasteiger partial charge on any atom is 0.274 e. The van der Waals surface area contributed by atoms with Gasteiger partial charge in [0.15, 0.2) is 0 Å². The van der Waals surface area contributed by atoms with Gasteiger partial charge < -0.3 is 10.6 Å². The molecule has 0 saturated carbocycles. The zero-order valence-corrected chi connectivity index (χ0v) is 17.1. The van der Waals surface area contributed by atoms with Crippen LogP contribution in [0.3, 0.4) is 0 Å². The molecule has 0 aliphatic carbocycles. The Hall–Kier alpha value is -4.51. The zero-order valence-electron chi connectivity index (χ0n) is 17.1. The number of carbonyl (C=O) groups is 2. The minimum atomic E-state index is -0.374. The van der Waals surface area contributed by atoms with Gasteiger partial charge in [0.2, 0.25) is 0 Å². The van der Waals surface area contributed by atoms with Crippen molar-refractivity contribution in [2.45, 2.75) is 0 Å². The SMILES string of the molecule is O=C(Nc1cccc2ccccc12)c1cccc(C(=O)Nc2cccc3ccccc23)n1. The molecule has 0 fully saturated rings. The number of aromatic nitrogens is 1. The summed E-state index contributed by atoms with van der Waals surface area (Å²) < 4.78 is 0. The van der Waals surface area contributed by atoms with Gasteiger partial charge in [0.05, 0.1) is 0 Å². The molecule has 5 heteroatoms. The average molecular weight is 417 g/mol. The molecular formula is C27H19N3O2. The van der Waals surface area contributed by atoms with Crippen LogP contribution in [0.25, 0.3) is 21.5 Å². The summed E-state index contributed by atoms with van der Waals surface area (Å²) >= 11 is 0. The first-order valence-corrected chi connectivity index (χ1v) is 10.2. The number of rotatable bonds is 4. The van der Waals surface area contributed by atoms with E-state index < -0.39 is 0 Å². The van der Waals surface area contributed by atoms with Crippen molar-refractivity contribution >= 4 is 44.7 Å². The molecule has 0 aliphatic heterocycles. The van der Waals surface area contributed by atoms with Crippen molar-refractivity contribution in [3.63, 3.8) is 0 Å². The van der Waals surface area contributed by atoms with Crippen molar-refractivity contribution in [3.8, 4) is 0 Å². The van der Waals surface area contributed by atoms with E-state index in [1.54, 1.807) is 18.2 Å². The van der Waals surface area contributed by atoms with Crippen LogP contribution in [0.4, 0.5) is 11.4 Å². The molecule has 1 aromatic heterocycles. The summed E-state index contributed by atoms with van der Waals surface area (Å²) in [5.74, 6) is -0.748. The highest BCUT2D eigenvalue weighted by molar-refractivity contribution is 6.10. The van der Waals surface area contributed by atoms with Crippen LogP contribution in [0.15, 0.2) is 103 Å². The topological polar surface area (TPSA) is 71.1 Å². The standard InChI is InChI=1S/C27H19N3O2/c31-26(29-22-14-5-10-18-8-1-3-12-20(18)22)24-16-7-17-25(28-24)27(32)30-23-15-6-11-19-9-2-4-13-21(19)23/h1-17H,(H,29,31)(H,30,32). The summed E-state index contributed by atoms with van der Waals surface area (Å²) in [5, 5.41) is 9.75. The van der Waals surface area contributed by atoms with Gasteiger partial charge in [0, 0.05) is 22.1 Å². The second-order valence-corrected chi connectivity index (χ2v) is 7.37. The molecule has 0 aliphatic rings. The molecule has 4 aromatic carbocycles. The van der Waals surface area contributed by atoms with Gasteiger partial charge in [0.1, 0.15) is 11.4 Å². The average Bonchev–Trinajstić information content (AvgIpc) is 2.84. The largest absolute Gasteiger partial charge is 0.320 e. The van der Waals surface area contributed by atoms with Crippen LogP contribution in [-0.2, 0) is 0 Å². The Kier molecular flexibility index (Phi) is 5.06. The molecule has 0 radical (unpaired) electrons. The van der Waals surface area contributed by atoms with E-state index in [4.69, 9.17) is 0 Å². The summed E-state index contributed by atoms with van der Waals surface area (Å²) in [4.78, 5) is 30.0. The quantitative estimate of drug-likeness (QED) is 0.383. The number of carbonyl (C=O) groups excluding carboxylic acids is 2. The number of pyridine rings is 1. The highest BCUT2D eigenvalue weighted by Crippen LogP contribution is 2.24. The van der Waals surface area contributed by atoms with Gasteiger partial charge in [0.25, 0.3) is 11.8 Å². The van der Waals surface area contributed by atoms with Crippen LogP contribution >= 0.6 is 0 Å². The van der Waals surface area contributed by atoms with Crippen molar-refractivity contribution in [3.05, 3.63) is 115 Å². The van der Waals surface area contributed by atoms with Crippen LogP contribution in [0, 0.1) is 0 Å². The van der Waals surface area contributed by atoms with Crippen LogP contribution in [0.1, 0.15) is 21.0 Å². The molecule has 0 saturated heterocycles. The number of benzene rings is 4. The van der Waals surface area contributed by atoms with Gasteiger partial charge in [-0.05, 0) is 35.0 Å². The monoisotopic (exact) mass is 417 g/mol. The van der Waals surface area contributed by atoms with Crippen molar-refractivity contribution in [2.75, 3.05) is 10.6 Å². The van der Waals surface area contributed by atoms with Crippen LogP contribution < -0.4 is 10.6 Å². The highest BCUT2D eigenvalue weighted by atomic mass is 16.2. The number of fused-ring (bicyclic) bond motifs is 2. The fourth-order valence-electron chi connectivity index (χ4n) is 3.73. The molecule has 32 heavy (non-hydrogen) atoms. The third kappa shape index (κ3) is 3.79. The number of nitrogens with one attached hydrogen (secondary N) is 2. The normalized spacial score (nSPS) is 10.8. The Morgan fingerprint density at radius 3 is 1.41 bits per heavy atom. The first kappa shape index (κ1) is 19.5. The Morgan fingerprint density at radius 1 is 0.500 bits per heavy atom. The van der Waals surface area contributed by atoms with Crippen molar-refractivity contribution in [1.82, 2.24) is 4.98 Å². The van der Waals surface area contributed by atoms with Crippen molar-refractivity contribution in [1.29, 1.82) is 0 Å². The van der Waals surface area contributed by atoms with E-state index in [0.29, 0.717) is 11.4 Å². The number of amides is 2. The van der Waals surface area contributed by atoms with Gasteiger partial charge >= 0.3 is 0 Å². The minimum Gasteiger partial charge on any atom is -0.320 e. The molecule has 0 bridgehead atoms. The lowest BCUT2D eigenvalue weighted by atomic mass is 10.1.